The van der Waals surface area contributed by atoms with Crippen molar-refractivity contribution >= 4 is 28.1 Å². The van der Waals surface area contributed by atoms with Gasteiger partial charge in [-0.15, -0.1) is 0 Å². The number of piperidine rings is 1. The van der Waals surface area contributed by atoms with Crippen LogP contribution in [-0.2, 0) is 6.54 Å². The molecule has 1 aliphatic heterocycles. The van der Waals surface area contributed by atoms with Crippen LogP contribution in [0.5, 0.6) is 0 Å². The lowest BCUT2D eigenvalue weighted by molar-refractivity contribution is 0.208. The van der Waals surface area contributed by atoms with E-state index in [1.165, 1.54) is 17.1 Å². The number of nitriles is 1. The molecule has 1 saturated heterocycles. The topological polar surface area (TPSA) is 52.0 Å². The Labute approximate surface area is 139 Å². The largest absolute Gasteiger partial charge is 0.371 e. The Morgan fingerprint density at radius 2 is 2.23 bits per heavy atom. The van der Waals surface area contributed by atoms with Crippen molar-refractivity contribution in [1.82, 2.24) is 9.27 Å². The second kappa shape index (κ2) is 7.10. The van der Waals surface area contributed by atoms with E-state index in [0.717, 1.165) is 37.5 Å². The molecule has 1 aromatic carbocycles. The monoisotopic (exact) mass is 332 g/mol. The van der Waals surface area contributed by atoms with Gasteiger partial charge in [0, 0.05) is 19.1 Å². The SMILES string of the molecule is N#Cc1c(Cl)nsc1N[C@@H]1CCCN(Cc2ccccc2)C1. The summed E-state index contributed by atoms with van der Waals surface area (Å²) in [6.07, 6.45) is 2.25. The summed E-state index contributed by atoms with van der Waals surface area (Å²) in [5.41, 5.74) is 1.80. The lowest BCUT2D eigenvalue weighted by Gasteiger charge is -2.33. The van der Waals surface area contributed by atoms with E-state index in [1.54, 1.807) is 0 Å². The zero-order valence-electron chi connectivity index (χ0n) is 12.1. The van der Waals surface area contributed by atoms with Gasteiger partial charge in [0.1, 0.15) is 16.6 Å². The molecule has 2 heterocycles. The van der Waals surface area contributed by atoms with Gasteiger partial charge in [0.25, 0.3) is 0 Å². The number of benzene rings is 1. The number of hydrogen-bond acceptors (Lipinski definition) is 5. The van der Waals surface area contributed by atoms with E-state index >= 15 is 0 Å². The van der Waals surface area contributed by atoms with Crippen LogP contribution in [0, 0.1) is 11.3 Å². The van der Waals surface area contributed by atoms with Crippen LogP contribution in [0.3, 0.4) is 0 Å². The number of halogens is 1. The highest BCUT2D eigenvalue weighted by Crippen LogP contribution is 2.29. The molecule has 0 aliphatic carbocycles. The van der Waals surface area contributed by atoms with Crippen molar-refractivity contribution in [3.8, 4) is 6.07 Å². The highest BCUT2D eigenvalue weighted by molar-refractivity contribution is 7.10. The van der Waals surface area contributed by atoms with Crippen LogP contribution in [0.2, 0.25) is 5.15 Å². The van der Waals surface area contributed by atoms with Gasteiger partial charge in [-0.2, -0.15) is 9.64 Å². The second-order valence-electron chi connectivity index (χ2n) is 5.49. The van der Waals surface area contributed by atoms with Crippen LogP contribution in [0.1, 0.15) is 24.0 Å². The summed E-state index contributed by atoms with van der Waals surface area (Å²) in [6, 6.07) is 13.0. The third-order valence-electron chi connectivity index (χ3n) is 3.85. The maximum absolute atomic E-state index is 9.15. The summed E-state index contributed by atoms with van der Waals surface area (Å²) in [7, 11) is 0. The third kappa shape index (κ3) is 3.58. The average Bonchev–Trinajstić information content (AvgIpc) is 2.88. The maximum atomic E-state index is 9.15. The highest BCUT2D eigenvalue weighted by atomic mass is 35.5. The number of hydrogen-bond donors (Lipinski definition) is 1. The van der Waals surface area contributed by atoms with Gasteiger partial charge in [-0.25, -0.2) is 0 Å². The van der Waals surface area contributed by atoms with Crippen LogP contribution in [-0.4, -0.2) is 28.4 Å². The smallest absolute Gasteiger partial charge is 0.162 e. The fraction of sp³-hybridized carbons (Fsp3) is 0.375. The fourth-order valence-electron chi connectivity index (χ4n) is 2.81. The van der Waals surface area contributed by atoms with Gasteiger partial charge < -0.3 is 5.32 Å². The predicted molar refractivity (Wildman–Crippen MR) is 90.2 cm³/mol. The Kier molecular flexibility index (Phi) is 4.94. The molecule has 0 bridgehead atoms. The number of likely N-dealkylation sites (tertiary alicyclic amines) is 1. The molecular weight excluding hydrogens is 316 g/mol. The molecule has 0 unspecified atom stereocenters. The first-order valence-electron chi connectivity index (χ1n) is 7.34. The quantitative estimate of drug-likeness (QED) is 0.926. The summed E-state index contributed by atoms with van der Waals surface area (Å²) in [5.74, 6) is 0. The molecule has 1 fully saturated rings. The fourth-order valence-corrected chi connectivity index (χ4v) is 3.82. The normalized spacial score (nSPS) is 18.8. The Morgan fingerprint density at radius 1 is 1.41 bits per heavy atom. The average molecular weight is 333 g/mol. The lowest BCUT2D eigenvalue weighted by atomic mass is 10.0. The number of aromatic nitrogens is 1. The Hall–Kier alpha value is -1.61. The molecule has 3 rings (SSSR count). The summed E-state index contributed by atoms with van der Waals surface area (Å²) >= 11 is 7.19. The van der Waals surface area contributed by atoms with E-state index in [0.29, 0.717) is 16.8 Å². The van der Waals surface area contributed by atoms with Crippen LogP contribution in [0.15, 0.2) is 30.3 Å². The van der Waals surface area contributed by atoms with Gasteiger partial charge >= 0.3 is 0 Å². The Bertz CT molecular complexity index is 665. The lowest BCUT2D eigenvalue weighted by Crippen LogP contribution is -2.41. The van der Waals surface area contributed by atoms with E-state index in [-0.39, 0.29) is 0 Å². The molecule has 0 spiro atoms. The minimum atomic E-state index is 0.298. The first kappa shape index (κ1) is 15.3. The number of rotatable bonds is 4. The van der Waals surface area contributed by atoms with Crippen LogP contribution >= 0.6 is 23.1 Å². The van der Waals surface area contributed by atoms with Crippen LogP contribution < -0.4 is 5.32 Å². The van der Waals surface area contributed by atoms with Crippen LogP contribution in [0.25, 0.3) is 0 Å². The molecule has 2 aromatic rings. The van der Waals surface area contributed by atoms with Crippen molar-refractivity contribution in [2.75, 3.05) is 18.4 Å². The standard InChI is InChI=1S/C16H17ClN4S/c17-15-14(9-18)16(22-20-15)19-13-7-4-8-21(11-13)10-12-5-2-1-3-6-12/h1-3,5-6,13,19H,4,7-8,10-11H2/t13-/m1/s1. The summed E-state index contributed by atoms with van der Waals surface area (Å²) < 4.78 is 4.05. The first-order chi connectivity index (χ1) is 10.8. The highest BCUT2D eigenvalue weighted by Gasteiger charge is 2.22. The van der Waals surface area contributed by atoms with Crippen molar-refractivity contribution in [1.29, 1.82) is 5.26 Å². The number of anilines is 1. The first-order valence-corrected chi connectivity index (χ1v) is 8.49. The molecule has 0 amide bonds. The predicted octanol–water partition coefficient (Wildman–Crippen LogP) is 3.74. The summed E-state index contributed by atoms with van der Waals surface area (Å²) in [4.78, 5) is 2.45. The molecule has 1 N–H and O–H groups in total. The van der Waals surface area contributed by atoms with Crippen LogP contribution in [0.4, 0.5) is 5.00 Å². The van der Waals surface area contributed by atoms with Gasteiger partial charge in [0.15, 0.2) is 5.15 Å². The molecule has 6 heteroatoms. The second-order valence-corrected chi connectivity index (χ2v) is 6.62. The van der Waals surface area contributed by atoms with Gasteiger partial charge in [-0.05, 0) is 36.5 Å². The molecule has 1 atom stereocenters. The van der Waals surface area contributed by atoms with Gasteiger partial charge in [0.2, 0.25) is 0 Å². The zero-order chi connectivity index (χ0) is 15.4. The number of nitrogens with zero attached hydrogens (tertiary/aromatic N) is 3. The molecule has 0 saturated carbocycles. The van der Waals surface area contributed by atoms with Crippen molar-refractivity contribution in [3.05, 3.63) is 46.6 Å². The third-order valence-corrected chi connectivity index (χ3v) is 5.00. The minimum absolute atomic E-state index is 0.298. The maximum Gasteiger partial charge on any atom is 0.162 e. The van der Waals surface area contributed by atoms with E-state index in [9.17, 15) is 0 Å². The van der Waals surface area contributed by atoms with Crippen molar-refractivity contribution in [2.45, 2.75) is 25.4 Å². The molecule has 22 heavy (non-hydrogen) atoms. The van der Waals surface area contributed by atoms with E-state index in [2.05, 4.69) is 44.9 Å². The van der Waals surface area contributed by atoms with Gasteiger partial charge in [-0.3, -0.25) is 4.90 Å². The minimum Gasteiger partial charge on any atom is -0.371 e. The summed E-state index contributed by atoms with van der Waals surface area (Å²) in [6.45, 7) is 3.05. The number of nitrogens with one attached hydrogen (secondary N) is 1. The van der Waals surface area contributed by atoms with Crippen molar-refractivity contribution in [3.63, 3.8) is 0 Å². The Balaban J connectivity index is 1.62. The van der Waals surface area contributed by atoms with Crippen molar-refractivity contribution < 1.29 is 0 Å². The van der Waals surface area contributed by atoms with Gasteiger partial charge in [-0.1, -0.05) is 41.9 Å². The molecular formula is C16H17ClN4S. The molecule has 0 radical (unpaired) electrons. The molecule has 4 nitrogen and oxygen atoms in total. The zero-order valence-corrected chi connectivity index (χ0v) is 13.7. The van der Waals surface area contributed by atoms with E-state index < -0.39 is 0 Å². The molecule has 114 valence electrons. The van der Waals surface area contributed by atoms with E-state index in [4.69, 9.17) is 16.9 Å². The van der Waals surface area contributed by atoms with Crippen molar-refractivity contribution in [2.24, 2.45) is 0 Å². The molecule has 1 aliphatic rings. The van der Waals surface area contributed by atoms with E-state index in [1.807, 2.05) is 6.07 Å². The van der Waals surface area contributed by atoms with Gasteiger partial charge in [0.05, 0.1) is 0 Å². The Morgan fingerprint density at radius 3 is 3.00 bits per heavy atom. The molecule has 1 aromatic heterocycles. The summed E-state index contributed by atoms with van der Waals surface area (Å²) in [5, 5.41) is 13.7.